The van der Waals surface area contributed by atoms with E-state index in [0.717, 1.165) is 29.1 Å². The first kappa shape index (κ1) is 10.7. The summed E-state index contributed by atoms with van der Waals surface area (Å²) < 4.78 is 0. The SMILES string of the molecule is N#Cc1nc[nH]c1CCc1cccc(Cl)c1. The van der Waals surface area contributed by atoms with Gasteiger partial charge in [0.1, 0.15) is 6.07 Å². The summed E-state index contributed by atoms with van der Waals surface area (Å²) in [6.07, 6.45) is 3.16. The van der Waals surface area contributed by atoms with Crippen molar-refractivity contribution in [2.24, 2.45) is 0 Å². The van der Waals surface area contributed by atoms with E-state index >= 15 is 0 Å². The first-order valence-corrected chi connectivity index (χ1v) is 5.34. The Balaban J connectivity index is 2.06. The minimum atomic E-state index is 0.474. The minimum absolute atomic E-state index is 0.474. The van der Waals surface area contributed by atoms with Crippen molar-refractivity contribution in [1.82, 2.24) is 9.97 Å². The average Bonchev–Trinajstić information content (AvgIpc) is 2.74. The summed E-state index contributed by atoms with van der Waals surface area (Å²) in [5.74, 6) is 0. The Labute approximate surface area is 98.7 Å². The Morgan fingerprint density at radius 3 is 3.00 bits per heavy atom. The smallest absolute Gasteiger partial charge is 0.161 e. The van der Waals surface area contributed by atoms with Crippen LogP contribution in [0.25, 0.3) is 0 Å². The number of aryl methyl sites for hydroxylation is 2. The molecule has 1 aromatic carbocycles. The summed E-state index contributed by atoms with van der Waals surface area (Å²) in [7, 11) is 0. The van der Waals surface area contributed by atoms with Gasteiger partial charge in [0.2, 0.25) is 0 Å². The molecule has 0 aliphatic rings. The molecule has 1 aromatic heterocycles. The number of benzene rings is 1. The predicted octanol–water partition coefficient (Wildman–Crippen LogP) is 2.72. The molecule has 2 aromatic rings. The lowest BCUT2D eigenvalue weighted by Crippen LogP contribution is -1.94. The second-order valence-electron chi connectivity index (χ2n) is 3.47. The quantitative estimate of drug-likeness (QED) is 0.883. The van der Waals surface area contributed by atoms with Crippen LogP contribution in [0.2, 0.25) is 5.02 Å². The highest BCUT2D eigenvalue weighted by molar-refractivity contribution is 6.30. The Morgan fingerprint density at radius 2 is 2.25 bits per heavy atom. The van der Waals surface area contributed by atoms with Gasteiger partial charge >= 0.3 is 0 Å². The fourth-order valence-corrected chi connectivity index (χ4v) is 1.78. The summed E-state index contributed by atoms with van der Waals surface area (Å²) in [5, 5.41) is 9.53. The fraction of sp³-hybridized carbons (Fsp3) is 0.167. The van der Waals surface area contributed by atoms with Crippen LogP contribution < -0.4 is 0 Å². The lowest BCUT2D eigenvalue weighted by Gasteiger charge is -2.00. The van der Waals surface area contributed by atoms with Crippen LogP contribution in [0.3, 0.4) is 0 Å². The van der Waals surface area contributed by atoms with Gasteiger partial charge in [0.15, 0.2) is 5.69 Å². The second-order valence-corrected chi connectivity index (χ2v) is 3.91. The van der Waals surface area contributed by atoms with Crippen molar-refractivity contribution in [3.8, 4) is 6.07 Å². The Kier molecular flexibility index (Phi) is 3.23. The molecule has 4 heteroatoms. The maximum absolute atomic E-state index is 8.80. The third-order valence-electron chi connectivity index (χ3n) is 2.38. The van der Waals surface area contributed by atoms with Crippen LogP contribution in [0.4, 0.5) is 0 Å². The number of nitriles is 1. The van der Waals surface area contributed by atoms with Crippen LogP contribution in [0, 0.1) is 11.3 Å². The standard InChI is InChI=1S/C12H10ClN3/c13-10-3-1-2-9(6-10)4-5-11-12(7-14)16-8-15-11/h1-3,6,8H,4-5H2,(H,15,16). The monoisotopic (exact) mass is 231 g/mol. The molecule has 0 aliphatic carbocycles. The number of hydrogen-bond acceptors (Lipinski definition) is 2. The van der Waals surface area contributed by atoms with E-state index in [-0.39, 0.29) is 0 Å². The minimum Gasteiger partial charge on any atom is -0.347 e. The Hall–Kier alpha value is -1.79. The van der Waals surface area contributed by atoms with Crippen LogP contribution in [-0.2, 0) is 12.8 Å². The molecule has 3 nitrogen and oxygen atoms in total. The van der Waals surface area contributed by atoms with Crippen molar-refractivity contribution in [2.45, 2.75) is 12.8 Å². The lowest BCUT2D eigenvalue weighted by molar-refractivity contribution is 0.921. The molecule has 0 saturated heterocycles. The summed E-state index contributed by atoms with van der Waals surface area (Å²) in [6, 6.07) is 9.79. The zero-order valence-corrected chi connectivity index (χ0v) is 9.33. The average molecular weight is 232 g/mol. The third-order valence-corrected chi connectivity index (χ3v) is 2.61. The van der Waals surface area contributed by atoms with Crippen LogP contribution in [0.1, 0.15) is 17.0 Å². The third kappa shape index (κ3) is 2.41. The molecular formula is C12H10ClN3. The molecule has 0 bridgehead atoms. The largest absolute Gasteiger partial charge is 0.347 e. The maximum Gasteiger partial charge on any atom is 0.161 e. The van der Waals surface area contributed by atoms with Gasteiger partial charge in [-0.3, -0.25) is 0 Å². The number of halogens is 1. The second kappa shape index (κ2) is 4.82. The van der Waals surface area contributed by atoms with Gasteiger partial charge in [-0.15, -0.1) is 0 Å². The number of nitrogens with one attached hydrogen (secondary N) is 1. The molecule has 80 valence electrons. The highest BCUT2D eigenvalue weighted by atomic mass is 35.5. The summed E-state index contributed by atoms with van der Waals surface area (Å²) in [6.45, 7) is 0. The number of aromatic nitrogens is 2. The normalized spacial score (nSPS) is 10.0. The molecule has 0 amide bonds. The van der Waals surface area contributed by atoms with E-state index in [2.05, 4.69) is 16.0 Å². The number of H-pyrrole nitrogens is 1. The van der Waals surface area contributed by atoms with Crippen molar-refractivity contribution in [1.29, 1.82) is 5.26 Å². The van der Waals surface area contributed by atoms with Gasteiger partial charge in [-0.05, 0) is 30.5 Å². The lowest BCUT2D eigenvalue weighted by atomic mass is 10.1. The number of rotatable bonds is 3. The van der Waals surface area contributed by atoms with Gasteiger partial charge in [-0.2, -0.15) is 5.26 Å². The maximum atomic E-state index is 8.80. The van der Waals surface area contributed by atoms with E-state index in [1.54, 1.807) is 6.33 Å². The van der Waals surface area contributed by atoms with Crippen LogP contribution in [0.5, 0.6) is 0 Å². The number of imidazole rings is 1. The van der Waals surface area contributed by atoms with Gasteiger partial charge in [-0.1, -0.05) is 23.7 Å². The molecule has 0 aliphatic heterocycles. The topological polar surface area (TPSA) is 52.5 Å². The predicted molar refractivity (Wildman–Crippen MR) is 62.2 cm³/mol. The van der Waals surface area contributed by atoms with Crippen molar-refractivity contribution in [2.75, 3.05) is 0 Å². The van der Waals surface area contributed by atoms with Gasteiger partial charge in [0.25, 0.3) is 0 Å². The Morgan fingerprint density at radius 1 is 1.38 bits per heavy atom. The molecule has 0 radical (unpaired) electrons. The molecule has 0 fully saturated rings. The molecule has 1 heterocycles. The first-order chi connectivity index (χ1) is 7.79. The van der Waals surface area contributed by atoms with E-state index in [0.29, 0.717) is 5.69 Å². The summed E-state index contributed by atoms with van der Waals surface area (Å²) >= 11 is 5.89. The molecule has 2 rings (SSSR count). The van der Waals surface area contributed by atoms with Crippen LogP contribution in [0.15, 0.2) is 30.6 Å². The molecule has 0 spiro atoms. The number of hydrogen-bond donors (Lipinski definition) is 1. The van der Waals surface area contributed by atoms with Crippen LogP contribution in [-0.4, -0.2) is 9.97 Å². The highest BCUT2D eigenvalue weighted by Gasteiger charge is 2.04. The Bertz CT molecular complexity index is 525. The molecule has 1 N–H and O–H groups in total. The molecule has 0 atom stereocenters. The van der Waals surface area contributed by atoms with Gasteiger partial charge in [-0.25, -0.2) is 4.98 Å². The van der Waals surface area contributed by atoms with Gasteiger partial charge < -0.3 is 4.98 Å². The number of aromatic amines is 1. The summed E-state index contributed by atoms with van der Waals surface area (Å²) in [4.78, 5) is 6.90. The van der Waals surface area contributed by atoms with Gasteiger partial charge in [0, 0.05) is 5.02 Å². The molecule has 0 saturated carbocycles. The van der Waals surface area contributed by atoms with Crippen molar-refractivity contribution in [3.05, 3.63) is 52.6 Å². The van der Waals surface area contributed by atoms with E-state index < -0.39 is 0 Å². The van der Waals surface area contributed by atoms with Crippen molar-refractivity contribution < 1.29 is 0 Å². The number of nitrogens with zero attached hydrogens (tertiary/aromatic N) is 2. The highest BCUT2D eigenvalue weighted by Crippen LogP contribution is 2.13. The van der Waals surface area contributed by atoms with Crippen LogP contribution >= 0.6 is 11.6 Å². The zero-order chi connectivity index (χ0) is 11.4. The molecule has 16 heavy (non-hydrogen) atoms. The first-order valence-electron chi connectivity index (χ1n) is 4.96. The molecular weight excluding hydrogens is 222 g/mol. The molecule has 0 unspecified atom stereocenters. The van der Waals surface area contributed by atoms with E-state index in [1.165, 1.54) is 0 Å². The zero-order valence-electron chi connectivity index (χ0n) is 8.57. The van der Waals surface area contributed by atoms with E-state index in [4.69, 9.17) is 16.9 Å². The van der Waals surface area contributed by atoms with E-state index in [9.17, 15) is 0 Å². The van der Waals surface area contributed by atoms with Crippen molar-refractivity contribution >= 4 is 11.6 Å². The fourth-order valence-electron chi connectivity index (χ4n) is 1.57. The van der Waals surface area contributed by atoms with E-state index in [1.807, 2.05) is 24.3 Å². The van der Waals surface area contributed by atoms with Gasteiger partial charge in [0.05, 0.1) is 12.0 Å². The summed E-state index contributed by atoms with van der Waals surface area (Å²) in [5.41, 5.74) is 2.51. The van der Waals surface area contributed by atoms with Crippen molar-refractivity contribution in [3.63, 3.8) is 0 Å².